The average Bonchev–Trinajstić information content (AvgIpc) is 2.64. The molecular formula is C8H15N3O2S. The summed E-state index contributed by atoms with van der Waals surface area (Å²) >= 11 is 1.41. The molecule has 1 rings (SSSR count). The van der Waals surface area contributed by atoms with Crippen molar-refractivity contribution in [2.24, 2.45) is 0 Å². The van der Waals surface area contributed by atoms with Gasteiger partial charge in [-0.25, -0.2) is 0 Å². The monoisotopic (exact) mass is 217 g/mol. The minimum absolute atomic E-state index is 0.450. The van der Waals surface area contributed by atoms with E-state index in [1.807, 2.05) is 0 Å². The number of aliphatic hydroxyl groups is 1. The van der Waals surface area contributed by atoms with Crippen LogP contribution in [0.4, 0.5) is 5.13 Å². The molecule has 5 nitrogen and oxygen atoms in total. The fourth-order valence-corrected chi connectivity index (χ4v) is 1.37. The van der Waals surface area contributed by atoms with Crippen molar-refractivity contribution in [3.05, 3.63) is 5.51 Å². The molecule has 0 saturated heterocycles. The number of methoxy groups -OCH3 is 1. The Labute approximate surface area is 87.1 Å². The van der Waals surface area contributed by atoms with Gasteiger partial charge in [-0.15, -0.1) is 10.2 Å². The fraction of sp³-hybridized carbons (Fsp3) is 0.750. The quantitative estimate of drug-likeness (QED) is 0.735. The zero-order valence-electron chi connectivity index (χ0n) is 8.36. The molecule has 0 aliphatic rings. The summed E-state index contributed by atoms with van der Waals surface area (Å²) in [6, 6.07) is 0. The van der Waals surface area contributed by atoms with E-state index in [0.717, 1.165) is 5.13 Å². The molecular weight excluding hydrogens is 202 g/mol. The maximum Gasteiger partial charge on any atom is 0.205 e. The standard InChI is InChI=1S/C8H15N3O2S/c1-8(12,3-4-13-2)5-9-7-11-10-6-14-7/h6,12H,3-5H2,1-2H3,(H,9,11). The number of hydrogen-bond donors (Lipinski definition) is 2. The summed E-state index contributed by atoms with van der Waals surface area (Å²) in [5, 5.41) is 21.1. The summed E-state index contributed by atoms with van der Waals surface area (Å²) in [6.45, 7) is 2.76. The minimum atomic E-state index is -0.776. The highest BCUT2D eigenvalue weighted by Gasteiger charge is 2.19. The van der Waals surface area contributed by atoms with E-state index in [9.17, 15) is 5.11 Å². The zero-order chi connectivity index (χ0) is 10.4. The van der Waals surface area contributed by atoms with Crippen LogP contribution in [0, 0.1) is 0 Å². The van der Waals surface area contributed by atoms with Crippen LogP contribution in [0.3, 0.4) is 0 Å². The summed E-state index contributed by atoms with van der Waals surface area (Å²) in [6.07, 6.45) is 0.593. The molecule has 2 N–H and O–H groups in total. The van der Waals surface area contributed by atoms with Crippen molar-refractivity contribution < 1.29 is 9.84 Å². The minimum Gasteiger partial charge on any atom is -0.388 e. The third kappa shape index (κ3) is 3.99. The zero-order valence-corrected chi connectivity index (χ0v) is 9.17. The first kappa shape index (κ1) is 11.4. The summed E-state index contributed by atoms with van der Waals surface area (Å²) in [5.74, 6) is 0. The van der Waals surface area contributed by atoms with Crippen molar-refractivity contribution in [2.75, 3.05) is 25.6 Å². The second-order valence-electron chi connectivity index (χ2n) is 3.34. The molecule has 0 saturated carbocycles. The summed E-state index contributed by atoms with van der Waals surface area (Å²) in [4.78, 5) is 0. The molecule has 1 aromatic rings. The average molecular weight is 217 g/mol. The van der Waals surface area contributed by atoms with Crippen LogP contribution in [0.25, 0.3) is 0 Å². The molecule has 0 fully saturated rings. The molecule has 80 valence electrons. The molecule has 1 aromatic heterocycles. The van der Waals surface area contributed by atoms with Gasteiger partial charge in [0.1, 0.15) is 5.51 Å². The maximum atomic E-state index is 9.86. The SMILES string of the molecule is COCCC(C)(O)CNc1nncs1. The Hall–Kier alpha value is -0.720. The molecule has 0 radical (unpaired) electrons. The van der Waals surface area contributed by atoms with E-state index in [0.29, 0.717) is 19.6 Å². The van der Waals surface area contributed by atoms with Gasteiger partial charge in [0, 0.05) is 26.7 Å². The highest BCUT2D eigenvalue weighted by atomic mass is 32.1. The predicted octanol–water partition coefficient (Wildman–Crippen LogP) is 0.737. The van der Waals surface area contributed by atoms with Crippen molar-refractivity contribution in [1.29, 1.82) is 0 Å². The first-order chi connectivity index (χ1) is 6.64. The second-order valence-corrected chi connectivity index (χ2v) is 4.17. The Morgan fingerprint density at radius 3 is 3.07 bits per heavy atom. The number of nitrogens with one attached hydrogen (secondary N) is 1. The molecule has 0 aromatic carbocycles. The van der Waals surface area contributed by atoms with Gasteiger partial charge < -0.3 is 15.2 Å². The van der Waals surface area contributed by atoms with Gasteiger partial charge in [-0.1, -0.05) is 11.3 Å². The van der Waals surface area contributed by atoms with Crippen LogP contribution in [0.5, 0.6) is 0 Å². The molecule has 14 heavy (non-hydrogen) atoms. The van der Waals surface area contributed by atoms with Gasteiger partial charge in [-0.3, -0.25) is 0 Å². The van der Waals surface area contributed by atoms with E-state index in [1.54, 1.807) is 19.5 Å². The summed E-state index contributed by atoms with van der Waals surface area (Å²) in [7, 11) is 1.62. The Morgan fingerprint density at radius 2 is 2.50 bits per heavy atom. The van der Waals surface area contributed by atoms with Crippen molar-refractivity contribution in [2.45, 2.75) is 18.9 Å². The number of ether oxygens (including phenoxy) is 1. The maximum absolute atomic E-state index is 9.86. The molecule has 0 bridgehead atoms. The van der Waals surface area contributed by atoms with E-state index < -0.39 is 5.60 Å². The molecule has 0 aliphatic heterocycles. The van der Waals surface area contributed by atoms with Gasteiger partial charge in [-0.2, -0.15) is 0 Å². The van der Waals surface area contributed by atoms with Crippen LogP contribution in [-0.4, -0.2) is 41.2 Å². The Bertz CT molecular complexity index is 251. The van der Waals surface area contributed by atoms with Crippen LogP contribution in [0.2, 0.25) is 0 Å². The molecule has 0 aliphatic carbocycles. The largest absolute Gasteiger partial charge is 0.388 e. The van der Waals surface area contributed by atoms with Crippen molar-refractivity contribution in [3.63, 3.8) is 0 Å². The highest BCUT2D eigenvalue weighted by molar-refractivity contribution is 7.13. The number of nitrogens with zero attached hydrogens (tertiary/aromatic N) is 2. The lowest BCUT2D eigenvalue weighted by Crippen LogP contribution is -2.34. The number of aromatic nitrogens is 2. The Morgan fingerprint density at radius 1 is 1.71 bits per heavy atom. The predicted molar refractivity (Wildman–Crippen MR) is 55.5 cm³/mol. The van der Waals surface area contributed by atoms with E-state index in [-0.39, 0.29) is 0 Å². The topological polar surface area (TPSA) is 67.3 Å². The Balaban J connectivity index is 2.28. The smallest absolute Gasteiger partial charge is 0.205 e. The summed E-state index contributed by atoms with van der Waals surface area (Å²) in [5.41, 5.74) is 0.869. The number of rotatable bonds is 6. The first-order valence-electron chi connectivity index (χ1n) is 4.35. The Kier molecular flexibility index (Phi) is 4.24. The number of hydrogen-bond acceptors (Lipinski definition) is 6. The van der Waals surface area contributed by atoms with Crippen molar-refractivity contribution >= 4 is 16.5 Å². The molecule has 1 atom stereocenters. The fourth-order valence-electron chi connectivity index (χ4n) is 0.926. The lowest BCUT2D eigenvalue weighted by molar-refractivity contribution is 0.0357. The number of anilines is 1. The van der Waals surface area contributed by atoms with E-state index in [4.69, 9.17) is 4.74 Å². The third-order valence-electron chi connectivity index (χ3n) is 1.83. The van der Waals surface area contributed by atoms with Gasteiger partial charge in [-0.05, 0) is 6.92 Å². The van der Waals surface area contributed by atoms with Gasteiger partial charge in [0.2, 0.25) is 5.13 Å². The van der Waals surface area contributed by atoms with E-state index in [2.05, 4.69) is 15.5 Å². The van der Waals surface area contributed by atoms with E-state index >= 15 is 0 Å². The third-order valence-corrected chi connectivity index (χ3v) is 2.47. The van der Waals surface area contributed by atoms with Crippen LogP contribution < -0.4 is 5.32 Å². The van der Waals surface area contributed by atoms with Crippen LogP contribution in [0.15, 0.2) is 5.51 Å². The molecule has 1 heterocycles. The van der Waals surface area contributed by atoms with Gasteiger partial charge in [0.25, 0.3) is 0 Å². The van der Waals surface area contributed by atoms with Crippen molar-refractivity contribution in [3.8, 4) is 0 Å². The van der Waals surface area contributed by atoms with Crippen LogP contribution in [0.1, 0.15) is 13.3 Å². The lowest BCUT2D eigenvalue weighted by atomic mass is 10.0. The van der Waals surface area contributed by atoms with Crippen LogP contribution in [-0.2, 0) is 4.74 Å². The van der Waals surface area contributed by atoms with E-state index in [1.165, 1.54) is 11.3 Å². The molecule has 0 amide bonds. The molecule has 1 unspecified atom stereocenters. The van der Waals surface area contributed by atoms with Gasteiger partial charge in [0.15, 0.2) is 0 Å². The molecule has 0 spiro atoms. The van der Waals surface area contributed by atoms with Gasteiger partial charge in [0.05, 0.1) is 5.60 Å². The lowest BCUT2D eigenvalue weighted by Gasteiger charge is -2.22. The first-order valence-corrected chi connectivity index (χ1v) is 5.23. The highest BCUT2D eigenvalue weighted by Crippen LogP contribution is 2.13. The normalized spacial score (nSPS) is 15.1. The van der Waals surface area contributed by atoms with Crippen molar-refractivity contribution in [1.82, 2.24) is 10.2 Å². The van der Waals surface area contributed by atoms with Crippen LogP contribution >= 0.6 is 11.3 Å². The van der Waals surface area contributed by atoms with Gasteiger partial charge >= 0.3 is 0 Å². The summed E-state index contributed by atoms with van der Waals surface area (Å²) < 4.78 is 4.90. The second kappa shape index (κ2) is 5.23. The molecule has 6 heteroatoms.